The Balaban J connectivity index is 2.44. The zero-order chi connectivity index (χ0) is 44.8. The summed E-state index contributed by atoms with van der Waals surface area (Å²) in [5.74, 6) is -0.513. The molecule has 0 bridgehead atoms. The summed E-state index contributed by atoms with van der Waals surface area (Å²) in [5, 5.41) is 50.2. The van der Waals surface area contributed by atoms with E-state index in [4.69, 9.17) is 18.5 Å². The van der Waals surface area contributed by atoms with Gasteiger partial charge in [-0.15, -0.1) is 0 Å². The van der Waals surface area contributed by atoms with Crippen LogP contribution in [0.15, 0.2) is 72.9 Å². The molecule has 6 N–H and O–H groups in total. The summed E-state index contributed by atoms with van der Waals surface area (Å²) in [6.45, 7) is 4.07. The van der Waals surface area contributed by atoms with Crippen LogP contribution in [-0.4, -0.2) is 98.9 Å². The molecule has 6 atom stereocenters. The van der Waals surface area contributed by atoms with E-state index >= 15 is 0 Å². The lowest BCUT2D eigenvalue weighted by Crippen LogP contribution is -2.64. The summed E-state index contributed by atoms with van der Waals surface area (Å²) in [4.78, 5) is 23.2. The number of hydrogen-bond acceptors (Lipinski definition) is 11. The minimum Gasteiger partial charge on any atom is -0.457 e. The van der Waals surface area contributed by atoms with Gasteiger partial charge in [0.15, 0.2) is 0 Å². The Morgan fingerprint density at radius 3 is 1.49 bits per heavy atom. The molecule has 0 aliphatic heterocycles. The maximum absolute atomic E-state index is 12.8. The first-order valence-electron chi connectivity index (χ1n) is 23.3. The molecular formula is C48H83O12P. The van der Waals surface area contributed by atoms with E-state index in [1.807, 2.05) is 0 Å². The molecule has 13 heteroatoms. The highest BCUT2D eigenvalue weighted by Crippen LogP contribution is 2.47. The number of esters is 1. The number of unbranched alkanes of at least 4 members (excludes halogenated alkanes) is 14. The third-order valence-electron chi connectivity index (χ3n) is 10.3. The van der Waals surface area contributed by atoms with Crippen molar-refractivity contribution in [2.75, 3.05) is 19.8 Å². The van der Waals surface area contributed by atoms with Crippen LogP contribution in [0.25, 0.3) is 0 Å². The van der Waals surface area contributed by atoms with E-state index in [0.29, 0.717) is 13.0 Å². The SMILES string of the molecule is CC/C=C\C/C=C\C/C=C\C/C=C\C/C=C\CCCCCC(=O)OC(COCCCCCCCC/C=C\CCCCCCC)COP(=O)(O)OC1C(O)C(O)C(O)C(O)C1O. The lowest BCUT2D eigenvalue weighted by Gasteiger charge is -2.41. The molecule has 6 unspecified atom stereocenters. The molecule has 0 aromatic rings. The van der Waals surface area contributed by atoms with E-state index in [1.54, 1.807) is 0 Å². The number of carbonyl (C=O) groups excluding carboxylic acids is 1. The number of rotatable bonds is 38. The van der Waals surface area contributed by atoms with E-state index in [1.165, 1.54) is 51.4 Å². The van der Waals surface area contributed by atoms with Crippen molar-refractivity contribution in [1.82, 2.24) is 0 Å². The quantitative estimate of drug-likeness (QED) is 0.0149. The minimum absolute atomic E-state index is 0.0982. The van der Waals surface area contributed by atoms with Gasteiger partial charge < -0.3 is 39.9 Å². The maximum atomic E-state index is 12.8. The molecule has 1 rings (SSSR count). The normalized spacial score (nSPS) is 22.8. The standard InChI is InChI=1S/C48H83O12P/c1-3-5-7-9-11-13-15-17-19-20-21-22-23-25-27-29-31-33-35-37-42(49)59-41(40-58-61(55,56)60-48-46(53)44(51)43(50)45(52)47(48)54)39-57-38-36-34-32-30-28-26-24-18-16-14-12-10-8-6-4-2/h5,7,11,13,16-19,21-22,25,27,41,43-48,50-54H,3-4,6,8-10,12,14-15,20,23-24,26,28-40H2,1-2H3,(H,55,56)/b7-5-,13-11-,18-16-,19-17-,22-21-,27-25-. The Labute approximate surface area is 368 Å². The molecule has 1 saturated carbocycles. The van der Waals surface area contributed by atoms with Crippen LogP contribution in [0.5, 0.6) is 0 Å². The van der Waals surface area contributed by atoms with E-state index in [-0.39, 0.29) is 13.0 Å². The molecule has 0 aromatic carbocycles. The molecule has 0 heterocycles. The average Bonchev–Trinajstić information content (AvgIpc) is 3.24. The number of ether oxygens (including phenoxy) is 2. The zero-order valence-corrected chi connectivity index (χ0v) is 38.3. The fourth-order valence-corrected chi connectivity index (χ4v) is 7.58. The first-order valence-corrected chi connectivity index (χ1v) is 24.8. The maximum Gasteiger partial charge on any atom is 0.472 e. The van der Waals surface area contributed by atoms with Gasteiger partial charge >= 0.3 is 13.8 Å². The molecule has 12 nitrogen and oxygen atoms in total. The average molecular weight is 883 g/mol. The third-order valence-corrected chi connectivity index (χ3v) is 11.3. The number of aliphatic hydroxyl groups excluding tert-OH is 5. The Morgan fingerprint density at radius 1 is 0.541 bits per heavy atom. The number of allylic oxidation sites excluding steroid dienone is 12. The highest BCUT2D eigenvalue weighted by Gasteiger charge is 2.51. The second-order valence-corrected chi connectivity index (χ2v) is 17.3. The first-order chi connectivity index (χ1) is 29.5. The van der Waals surface area contributed by atoms with Gasteiger partial charge in [0, 0.05) is 13.0 Å². The Kier molecular flexibility index (Phi) is 35.6. The molecule has 0 spiro atoms. The largest absolute Gasteiger partial charge is 0.472 e. The molecule has 1 fully saturated rings. The minimum atomic E-state index is -5.03. The lowest BCUT2D eigenvalue weighted by atomic mass is 9.85. The van der Waals surface area contributed by atoms with Gasteiger partial charge in [0.25, 0.3) is 0 Å². The number of carbonyl (C=O) groups is 1. The molecular weight excluding hydrogens is 799 g/mol. The Hall–Kier alpha value is -2.22. The summed E-state index contributed by atoms with van der Waals surface area (Å²) >= 11 is 0. The van der Waals surface area contributed by atoms with Crippen molar-refractivity contribution in [3.63, 3.8) is 0 Å². The molecule has 0 saturated heterocycles. The van der Waals surface area contributed by atoms with Crippen LogP contribution in [0.4, 0.5) is 0 Å². The topological polar surface area (TPSA) is 192 Å². The van der Waals surface area contributed by atoms with E-state index in [0.717, 1.165) is 83.5 Å². The molecule has 1 aliphatic carbocycles. The van der Waals surface area contributed by atoms with Gasteiger partial charge in [0.2, 0.25) is 0 Å². The highest BCUT2D eigenvalue weighted by molar-refractivity contribution is 7.47. The molecule has 1 aliphatic rings. The predicted octanol–water partition coefficient (Wildman–Crippen LogP) is 9.58. The van der Waals surface area contributed by atoms with Crippen LogP contribution in [0.3, 0.4) is 0 Å². The van der Waals surface area contributed by atoms with Gasteiger partial charge in [-0.2, -0.15) is 0 Å². The van der Waals surface area contributed by atoms with E-state index in [2.05, 4.69) is 86.8 Å². The van der Waals surface area contributed by atoms with Crippen LogP contribution >= 0.6 is 7.82 Å². The van der Waals surface area contributed by atoms with Crippen LogP contribution in [-0.2, 0) is 27.9 Å². The second kappa shape index (κ2) is 38.3. The molecule has 0 amide bonds. The monoisotopic (exact) mass is 883 g/mol. The van der Waals surface area contributed by atoms with Gasteiger partial charge in [0.1, 0.15) is 42.7 Å². The summed E-state index contributed by atoms with van der Waals surface area (Å²) < 4.78 is 34.1. The van der Waals surface area contributed by atoms with Crippen molar-refractivity contribution in [1.29, 1.82) is 0 Å². The summed E-state index contributed by atoms with van der Waals surface area (Å²) in [6.07, 6.45) is 36.8. The van der Waals surface area contributed by atoms with Crippen molar-refractivity contribution < 1.29 is 58.3 Å². The van der Waals surface area contributed by atoms with Crippen molar-refractivity contribution in [2.24, 2.45) is 0 Å². The number of hydrogen-bond donors (Lipinski definition) is 6. The van der Waals surface area contributed by atoms with E-state index < -0.39 is 63.1 Å². The third kappa shape index (κ3) is 30.5. The summed E-state index contributed by atoms with van der Waals surface area (Å²) in [6, 6.07) is 0. The predicted molar refractivity (Wildman–Crippen MR) is 244 cm³/mol. The fourth-order valence-electron chi connectivity index (χ4n) is 6.61. The highest BCUT2D eigenvalue weighted by atomic mass is 31.2. The summed E-state index contributed by atoms with van der Waals surface area (Å²) in [5.41, 5.74) is 0. The lowest BCUT2D eigenvalue weighted by molar-refractivity contribution is -0.220. The van der Waals surface area contributed by atoms with Crippen molar-refractivity contribution >= 4 is 13.8 Å². The van der Waals surface area contributed by atoms with Crippen LogP contribution in [0.1, 0.15) is 162 Å². The van der Waals surface area contributed by atoms with Gasteiger partial charge in [0.05, 0.1) is 13.2 Å². The Morgan fingerprint density at radius 2 is 0.967 bits per heavy atom. The fraction of sp³-hybridized carbons (Fsp3) is 0.729. The number of phosphoric acid groups is 1. The van der Waals surface area contributed by atoms with Gasteiger partial charge in [-0.1, -0.05) is 145 Å². The molecule has 61 heavy (non-hydrogen) atoms. The van der Waals surface area contributed by atoms with Crippen molar-refractivity contribution in [3.8, 4) is 0 Å². The number of aliphatic hydroxyl groups is 5. The van der Waals surface area contributed by atoms with Crippen molar-refractivity contribution in [3.05, 3.63) is 72.9 Å². The Bertz CT molecular complexity index is 1280. The smallest absolute Gasteiger partial charge is 0.457 e. The molecule has 0 radical (unpaired) electrons. The van der Waals surface area contributed by atoms with Crippen LogP contribution < -0.4 is 0 Å². The zero-order valence-electron chi connectivity index (χ0n) is 37.4. The van der Waals surface area contributed by atoms with Crippen molar-refractivity contribution in [2.45, 2.75) is 204 Å². The molecule has 0 aromatic heterocycles. The number of phosphoric ester groups is 1. The van der Waals surface area contributed by atoms with Crippen LogP contribution in [0, 0.1) is 0 Å². The van der Waals surface area contributed by atoms with Gasteiger partial charge in [-0.05, 0) is 83.5 Å². The van der Waals surface area contributed by atoms with Gasteiger partial charge in [-0.3, -0.25) is 13.8 Å². The van der Waals surface area contributed by atoms with Gasteiger partial charge in [-0.25, -0.2) is 4.57 Å². The van der Waals surface area contributed by atoms with Crippen LogP contribution in [0.2, 0.25) is 0 Å². The van der Waals surface area contributed by atoms with E-state index in [9.17, 15) is 39.8 Å². The summed E-state index contributed by atoms with van der Waals surface area (Å²) in [7, 11) is -5.03. The second-order valence-electron chi connectivity index (χ2n) is 15.9. The molecule has 352 valence electrons. The first kappa shape index (κ1) is 56.8.